The van der Waals surface area contributed by atoms with Crippen LogP contribution >= 0.6 is 0 Å². The molecule has 5 heteroatoms. The van der Waals surface area contributed by atoms with Crippen LogP contribution in [-0.2, 0) is 11.8 Å². The van der Waals surface area contributed by atoms with Crippen LogP contribution in [0.5, 0.6) is 0 Å². The van der Waals surface area contributed by atoms with Gasteiger partial charge in [0.2, 0.25) is 5.91 Å². The number of rotatable bonds is 3. The lowest BCUT2D eigenvalue weighted by molar-refractivity contribution is -0.136. The number of imidazole rings is 1. The fraction of sp³-hybridized carbons (Fsp3) is 0.750. The summed E-state index contributed by atoms with van der Waals surface area (Å²) in [6.45, 7) is 2.49. The Bertz CT molecular complexity index is 478. The predicted octanol–water partition coefficient (Wildman–Crippen LogP) is 1.86. The highest BCUT2D eigenvalue weighted by atomic mass is 16.2. The summed E-state index contributed by atoms with van der Waals surface area (Å²) < 4.78 is 2.03. The molecule has 21 heavy (non-hydrogen) atoms. The zero-order valence-corrected chi connectivity index (χ0v) is 12.9. The number of aryl methyl sites for hydroxylation is 1. The van der Waals surface area contributed by atoms with Gasteiger partial charge in [0.15, 0.2) is 0 Å². The molecule has 3 rings (SSSR count). The smallest absolute Gasteiger partial charge is 0.223 e. The molecule has 1 aromatic heterocycles. The van der Waals surface area contributed by atoms with Crippen LogP contribution in [0.15, 0.2) is 12.4 Å². The Morgan fingerprint density at radius 3 is 2.90 bits per heavy atom. The molecular formula is C16H26N4O. The van der Waals surface area contributed by atoms with Crippen LogP contribution in [0.2, 0.25) is 0 Å². The summed E-state index contributed by atoms with van der Waals surface area (Å²) in [4.78, 5) is 19.2. The first-order valence-corrected chi connectivity index (χ1v) is 8.23. The molecule has 0 bridgehead atoms. The van der Waals surface area contributed by atoms with Crippen molar-refractivity contribution in [3.63, 3.8) is 0 Å². The second-order valence-electron chi connectivity index (χ2n) is 6.41. The maximum atomic E-state index is 12.7. The molecule has 1 aliphatic carbocycles. The normalized spacial score (nSPS) is 24.2. The summed E-state index contributed by atoms with van der Waals surface area (Å²) in [6, 6.07) is 0.0786. The zero-order chi connectivity index (χ0) is 14.7. The summed E-state index contributed by atoms with van der Waals surface area (Å²) in [6.07, 6.45) is 10.9. The SMILES string of the molecule is Cn1ccnc1C1CNCCN1C(=O)CC1CCCCC1. The highest BCUT2D eigenvalue weighted by Crippen LogP contribution is 2.29. The third kappa shape index (κ3) is 3.28. The van der Waals surface area contributed by atoms with Crippen molar-refractivity contribution in [2.75, 3.05) is 19.6 Å². The Labute approximate surface area is 126 Å². The molecule has 116 valence electrons. The van der Waals surface area contributed by atoms with Gasteiger partial charge in [-0.15, -0.1) is 0 Å². The highest BCUT2D eigenvalue weighted by Gasteiger charge is 2.31. The molecule has 1 atom stereocenters. The summed E-state index contributed by atoms with van der Waals surface area (Å²) in [7, 11) is 2.00. The Morgan fingerprint density at radius 1 is 1.38 bits per heavy atom. The van der Waals surface area contributed by atoms with Gasteiger partial charge in [0.05, 0.1) is 0 Å². The molecule has 1 saturated carbocycles. The van der Waals surface area contributed by atoms with Gasteiger partial charge < -0.3 is 14.8 Å². The Kier molecular flexibility index (Phi) is 4.58. The molecule has 0 spiro atoms. The van der Waals surface area contributed by atoms with E-state index in [4.69, 9.17) is 0 Å². The topological polar surface area (TPSA) is 50.2 Å². The number of carbonyl (C=O) groups excluding carboxylic acids is 1. The van der Waals surface area contributed by atoms with Crippen LogP contribution in [-0.4, -0.2) is 40.0 Å². The second-order valence-corrected chi connectivity index (χ2v) is 6.41. The third-order valence-electron chi connectivity index (χ3n) is 4.91. The van der Waals surface area contributed by atoms with Gasteiger partial charge in [0, 0.05) is 45.5 Å². The van der Waals surface area contributed by atoms with E-state index in [0.29, 0.717) is 11.8 Å². The number of nitrogens with zero attached hydrogens (tertiary/aromatic N) is 3. The maximum absolute atomic E-state index is 12.7. The van der Waals surface area contributed by atoms with Crippen LogP contribution in [0, 0.1) is 5.92 Å². The number of aromatic nitrogens is 2. The molecule has 1 unspecified atom stereocenters. The second kappa shape index (κ2) is 6.60. The van der Waals surface area contributed by atoms with E-state index in [-0.39, 0.29) is 6.04 Å². The third-order valence-corrected chi connectivity index (χ3v) is 4.91. The molecule has 2 heterocycles. The van der Waals surface area contributed by atoms with E-state index in [1.165, 1.54) is 32.1 Å². The summed E-state index contributed by atoms with van der Waals surface area (Å²) in [5.41, 5.74) is 0. The lowest BCUT2D eigenvalue weighted by Gasteiger charge is -2.37. The average Bonchev–Trinajstić information content (AvgIpc) is 2.94. The van der Waals surface area contributed by atoms with Gasteiger partial charge >= 0.3 is 0 Å². The van der Waals surface area contributed by atoms with Gasteiger partial charge in [-0.25, -0.2) is 4.98 Å². The van der Waals surface area contributed by atoms with E-state index in [1.54, 1.807) is 0 Å². The van der Waals surface area contributed by atoms with Crippen LogP contribution < -0.4 is 5.32 Å². The number of amides is 1. The summed E-state index contributed by atoms with van der Waals surface area (Å²) in [5.74, 6) is 1.90. The van der Waals surface area contributed by atoms with Crippen LogP contribution in [0.1, 0.15) is 50.4 Å². The first-order valence-electron chi connectivity index (χ1n) is 8.23. The molecule has 5 nitrogen and oxygen atoms in total. The van der Waals surface area contributed by atoms with Crippen LogP contribution in [0.3, 0.4) is 0 Å². The quantitative estimate of drug-likeness (QED) is 0.924. The van der Waals surface area contributed by atoms with Crippen molar-refractivity contribution < 1.29 is 4.79 Å². The largest absolute Gasteiger partial charge is 0.336 e. The van der Waals surface area contributed by atoms with Crippen molar-refractivity contribution in [1.29, 1.82) is 0 Å². The minimum absolute atomic E-state index is 0.0786. The van der Waals surface area contributed by atoms with Gasteiger partial charge in [-0.1, -0.05) is 19.3 Å². The Morgan fingerprint density at radius 2 is 2.19 bits per heavy atom. The lowest BCUT2D eigenvalue weighted by atomic mass is 9.86. The molecular weight excluding hydrogens is 264 g/mol. The monoisotopic (exact) mass is 290 g/mol. The first kappa shape index (κ1) is 14.6. The van der Waals surface area contributed by atoms with E-state index < -0.39 is 0 Å². The molecule has 1 amide bonds. The predicted molar refractivity (Wildman–Crippen MR) is 81.7 cm³/mol. The van der Waals surface area contributed by atoms with E-state index in [2.05, 4.69) is 10.3 Å². The van der Waals surface area contributed by atoms with Gasteiger partial charge in [0.1, 0.15) is 11.9 Å². The van der Waals surface area contributed by atoms with Crippen molar-refractivity contribution >= 4 is 5.91 Å². The highest BCUT2D eigenvalue weighted by molar-refractivity contribution is 5.77. The molecule has 0 radical (unpaired) electrons. The molecule has 1 N–H and O–H groups in total. The fourth-order valence-electron chi connectivity index (χ4n) is 3.69. The Hall–Kier alpha value is -1.36. The van der Waals surface area contributed by atoms with Crippen LogP contribution in [0.4, 0.5) is 0 Å². The molecule has 1 aromatic rings. The zero-order valence-electron chi connectivity index (χ0n) is 12.9. The summed E-state index contributed by atoms with van der Waals surface area (Å²) in [5, 5.41) is 3.39. The van der Waals surface area contributed by atoms with Crippen LogP contribution in [0.25, 0.3) is 0 Å². The fourth-order valence-corrected chi connectivity index (χ4v) is 3.69. The first-order chi connectivity index (χ1) is 10.3. The molecule has 2 aliphatic rings. The molecule has 0 aromatic carbocycles. The van der Waals surface area contributed by atoms with Gasteiger partial charge in [-0.2, -0.15) is 0 Å². The number of nitrogens with one attached hydrogen (secondary N) is 1. The van der Waals surface area contributed by atoms with Gasteiger partial charge in [0.25, 0.3) is 0 Å². The van der Waals surface area contributed by atoms with E-state index in [0.717, 1.165) is 31.9 Å². The van der Waals surface area contributed by atoms with Crippen molar-refractivity contribution in [3.05, 3.63) is 18.2 Å². The van der Waals surface area contributed by atoms with E-state index in [9.17, 15) is 4.79 Å². The van der Waals surface area contributed by atoms with E-state index in [1.807, 2.05) is 28.9 Å². The van der Waals surface area contributed by atoms with Crippen molar-refractivity contribution in [2.45, 2.75) is 44.6 Å². The average molecular weight is 290 g/mol. The number of carbonyl (C=O) groups is 1. The van der Waals surface area contributed by atoms with Crippen molar-refractivity contribution in [3.8, 4) is 0 Å². The Balaban J connectivity index is 1.68. The minimum Gasteiger partial charge on any atom is -0.336 e. The lowest BCUT2D eigenvalue weighted by Crippen LogP contribution is -2.49. The molecule has 1 saturated heterocycles. The van der Waals surface area contributed by atoms with Crippen molar-refractivity contribution in [1.82, 2.24) is 19.8 Å². The van der Waals surface area contributed by atoms with E-state index >= 15 is 0 Å². The maximum Gasteiger partial charge on any atom is 0.223 e. The number of piperazine rings is 1. The van der Waals surface area contributed by atoms with Gasteiger partial charge in [-0.05, 0) is 18.8 Å². The molecule has 2 fully saturated rings. The van der Waals surface area contributed by atoms with Crippen molar-refractivity contribution in [2.24, 2.45) is 13.0 Å². The van der Waals surface area contributed by atoms with Gasteiger partial charge in [-0.3, -0.25) is 4.79 Å². The standard InChI is InChI=1S/C16H26N4O/c1-19-9-8-18-16(19)14-12-17-7-10-20(14)15(21)11-13-5-3-2-4-6-13/h8-9,13-14,17H,2-7,10-12H2,1H3. The molecule has 1 aliphatic heterocycles. The minimum atomic E-state index is 0.0786. The number of hydrogen-bond acceptors (Lipinski definition) is 3. The number of hydrogen-bond donors (Lipinski definition) is 1. The summed E-state index contributed by atoms with van der Waals surface area (Å²) >= 11 is 0.